The van der Waals surface area contributed by atoms with E-state index in [0.29, 0.717) is 10.6 Å². The number of hydrogen-bond donors (Lipinski definition) is 1. The summed E-state index contributed by atoms with van der Waals surface area (Å²) in [5, 5.41) is 4.75. The third-order valence-corrected chi connectivity index (χ3v) is 6.49. The predicted octanol–water partition coefficient (Wildman–Crippen LogP) is 5.68. The predicted molar refractivity (Wildman–Crippen MR) is 133 cm³/mol. The monoisotopic (exact) mass is 459 g/mol. The van der Waals surface area contributed by atoms with Crippen LogP contribution in [-0.2, 0) is 0 Å². The van der Waals surface area contributed by atoms with Crippen molar-refractivity contribution in [2.75, 3.05) is 38.5 Å². The number of hydrogen-bond acceptors (Lipinski definition) is 4. The minimum absolute atomic E-state index is 0.144. The van der Waals surface area contributed by atoms with Crippen molar-refractivity contribution >= 4 is 34.2 Å². The number of anilines is 1. The van der Waals surface area contributed by atoms with E-state index in [2.05, 4.69) is 22.2 Å². The molecule has 1 fully saturated rings. The normalized spacial score (nSPS) is 16.1. The second kappa shape index (κ2) is 9.40. The van der Waals surface area contributed by atoms with Crippen LogP contribution in [0.4, 0.5) is 5.69 Å². The highest BCUT2D eigenvalue weighted by atomic mass is 35.5. The van der Waals surface area contributed by atoms with Crippen LogP contribution in [0, 0.1) is 0 Å². The summed E-state index contributed by atoms with van der Waals surface area (Å²) in [5.74, 6) is 0.587. The average Bonchev–Trinajstić information content (AvgIpc) is 3.20. The number of carbonyl (C=O) groups excluding carboxylic acids is 1. The molecule has 0 spiro atoms. The molecule has 1 aliphatic heterocycles. The first-order valence-electron chi connectivity index (χ1n) is 11.2. The lowest BCUT2D eigenvalue weighted by Gasteiger charge is -2.37. The molecule has 33 heavy (non-hydrogen) atoms. The van der Waals surface area contributed by atoms with E-state index in [1.165, 1.54) is 0 Å². The van der Waals surface area contributed by atoms with Crippen LogP contribution in [0.3, 0.4) is 0 Å². The third kappa shape index (κ3) is 4.53. The van der Waals surface area contributed by atoms with Crippen LogP contribution in [0.2, 0.25) is 5.02 Å². The zero-order chi connectivity index (χ0) is 22.8. The van der Waals surface area contributed by atoms with E-state index in [4.69, 9.17) is 16.0 Å². The number of benzene rings is 3. The van der Waals surface area contributed by atoms with Crippen LogP contribution in [0.25, 0.3) is 11.0 Å². The van der Waals surface area contributed by atoms with Crippen molar-refractivity contribution in [3.63, 3.8) is 0 Å². The standard InChI is InChI=1S/C27H26ClN3O2/c1-30-15-17-31(18-16-30)25(19-11-13-21(28)14-12-19)26-24(22-9-5-6-10-23(22)33-26)29-27(32)20-7-3-2-4-8-20/h2-14,25H,15-18H2,1H3,(H,29,32)/t25-/m1/s1. The van der Waals surface area contributed by atoms with Crippen molar-refractivity contribution in [3.8, 4) is 0 Å². The van der Waals surface area contributed by atoms with Crippen molar-refractivity contribution in [1.82, 2.24) is 9.80 Å². The zero-order valence-corrected chi connectivity index (χ0v) is 19.3. The van der Waals surface area contributed by atoms with Crippen LogP contribution >= 0.6 is 11.6 Å². The van der Waals surface area contributed by atoms with E-state index in [1.807, 2.05) is 78.9 Å². The molecule has 1 saturated heterocycles. The second-order valence-electron chi connectivity index (χ2n) is 8.45. The Kier molecular flexibility index (Phi) is 6.18. The minimum Gasteiger partial charge on any atom is -0.457 e. The maximum atomic E-state index is 13.1. The van der Waals surface area contributed by atoms with Gasteiger partial charge in [0, 0.05) is 42.2 Å². The van der Waals surface area contributed by atoms with Gasteiger partial charge in [-0.2, -0.15) is 0 Å². The molecule has 1 amide bonds. The first-order valence-corrected chi connectivity index (χ1v) is 11.5. The van der Waals surface area contributed by atoms with E-state index in [9.17, 15) is 4.79 Å². The van der Waals surface area contributed by atoms with Crippen molar-refractivity contribution in [1.29, 1.82) is 0 Å². The Hall–Kier alpha value is -3.12. The van der Waals surface area contributed by atoms with Gasteiger partial charge in [0.05, 0.1) is 11.7 Å². The molecule has 1 atom stereocenters. The number of piperazine rings is 1. The van der Waals surface area contributed by atoms with Crippen molar-refractivity contribution < 1.29 is 9.21 Å². The summed E-state index contributed by atoms with van der Waals surface area (Å²) in [4.78, 5) is 17.9. The lowest BCUT2D eigenvalue weighted by Crippen LogP contribution is -2.46. The van der Waals surface area contributed by atoms with Crippen molar-refractivity contribution in [2.45, 2.75) is 6.04 Å². The van der Waals surface area contributed by atoms with Crippen LogP contribution in [0.1, 0.15) is 27.7 Å². The first kappa shape index (κ1) is 21.7. The number of nitrogens with zero attached hydrogens (tertiary/aromatic N) is 2. The summed E-state index contributed by atoms with van der Waals surface area (Å²) in [6.45, 7) is 3.73. The first-order chi connectivity index (χ1) is 16.1. The molecule has 5 rings (SSSR count). The molecular formula is C27H26ClN3O2. The van der Waals surface area contributed by atoms with E-state index in [1.54, 1.807) is 0 Å². The average molecular weight is 460 g/mol. The summed E-state index contributed by atoms with van der Waals surface area (Å²) < 4.78 is 6.46. The quantitative estimate of drug-likeness (QED) is 0.417. The molecule has 0 radical (unpaired) electrons. The maximum absolute atomic E-state index is 13.1. The van der Waals surface area contributed by atoms with Crippen molar-refractivity contribution in [3.05, 3.63) is 101 Å². The minimum atomic E-state index is -0.156. The van der Waals surface area contributed by atoms with Gasteiger partial charge in [0.1, 0.15) is 11.3 Å². The number of carbonyl (C=O) groups is 1. The Morgan fingerprint density at radius 3 is 2.30 bits per heavy atom. The number of para-hydroxylation sites is 1. The van der Waals surface area contributed by atoms with E-state index < -0.39 is 0 Å². The fourth-order valence-corrected chi connectivity index (χ4v) is 4.54. The Labute approximate surface area is 198 Å². The lowest BCUT2D eigenvalue weighted by atomic mass is 10.00. The largest absolute Gasteiger partial charge is 0.457 e. The molecule has 4 aromatic rings. The number of likely N-dealkylation sites (N-methyl/N-ethyl adjacent to an activating group) is 1. The Bertz CT molecular complexity index is 1250. The number of furan rings is 1. The maximum Gasteiger partial charge on any atom is 0.255 e. The zero-order valence-electron chi connectivity index (χ0n) is 18.5. The van der Waals surface area contributed by atoms with E-state index >= 15 is 0 Å². The number of amides is 1. The van der Waals surface area contributed by atoms with Crippen molar-refractivity contribution in [2.24, 2.45) is 0 Å². The molecule has 0 unspecified atom stereocenters. The van der Waals surface area contributed by atoms with Gasteiger partial charge in [0.2, 0.25) is 0 Å². The molecule has 3 aromatic carbocycles. The molecular weight excluding hydrogens is 434 g/mol. The highest BCUT2D eigenvalue weighted by Crippen LogP contribution is 2.41. The molecule has 0 saturated carbocycles. The highest BCUT2D eigenvalue weighted by molar-refractivity contribution is 6.30. The number of fused-ring (bicyclic) bond motifs is 1. The molecule has 0 aliphatic carbocycles. The topological polar surface area (TPSA) is 48.7 Å². The van der Waals surface area contributed by atoms with Crippen LogP contribution in [0.5, 0.6) is 0 Å². The molecule has 168 valence electrons. The van der Waals surface area contributed by atoms with Gasteiger partial charge in [-0.3, -0.25) is 9.69 Å². The third-order valence-electron chi connectivity index (χ3n) is 6.23. The molecule has 2 heterocycles. The van der Waals surface area contributed by atoms with Crippen LogP contribution < -0.4 is 5.32 Å². The molecule has 5 nitrogen and oxygen atoms in total. The highest BCUT2D eigenvalue weighted by Gasteiger charge is 2.32. The molecule has 6 heteroatoms. The fourth-order valence-electron chi connectivity index (χ4n) is 4.41. The van der Waals surface area contributed by atoms with Gasteiger partial charge in [-0.15, -0.1) is 0 Å². The van der Waals surface area contributed by atoms with Gasteiger partial charge in [0.25, 0.3) is 5.91 Å². The fraction of sp³-hybridized carbons (Fsp3) is 0.222. The summed E-state index contributed by atoms with van der Waals surface area (Å²) in [6.07, 6.45) is 0. The SMILES string of the molecule is CN1CCN([C@H](c2ccc(Cl)cc2)c2oc3ccccc3c2NC(=O)c2ccccc2)CC1. The van der Waals surface area contributed by atoms with Gasteiger partial charge in [-0.05, 0) is 49.0 Å². The lowest BCUT2D eigenvalue weighted by molar-refractivity contribution is 0.102. The number of rotatable bonds is 5. The van der Waals surface area contributed by atoms with Gasteiger partial charge < -0.3 is 14.6 Å². The van der Waals surface area contributed by atoms with Gasteiger partial charge in [-0.25, -0.2) is 0 Å². The van der Waals surface area contributed by atoms with Crippen LogP contribution in [-0.4, -0.2) is 48.9 Å². The van der Waals surface area contributed by atoms with Gasteiger partial charge >= 0.3 is 0 Å². The number of halogens is 1. The molecule has 0 bridgehead atoms. The molecule has 1 N–H and O–H groups in total. The van der Waals surface area contributed by atoms with E-state index in [0.717, 1.165) is 54.2 Å². The van der Waals surface area contributed by atoms with E-state index in [-0.39, 0.29) is 11.9 Å². The Morgan fingerprint density at radius 1 is 0.909 bits per heavy atom. The molecule has 1 aliphatic rings. The Morgan fingerprint density at radius 2 is 1.58 bits per heavy atom. The van der Waals surface area contributed by atoms with Gasteiger partial charge in [0.15, 0.2) is 0 Å². The summed E-state index contributed by atoms with van der Waals surface area (Å²) in [6, 6.07) is 24.9. The molecule has 1 aromatic heterocycles. The smallest absolute Gasteiger partial charge is 0.255 e. The Balaban J connectivity index is 1.62. The second-order valence-corrected chi connectivity index (χ2v) is 8.89. The van der Waals surface area contributed by atoms with Gasteiger partial charge in [-0.1, -0.05) is 54.1 Å². The number of nitrogens with one attached hydrogen (secondary N) is 1. The summed E-state index contributed by atoms with van der Waals surface area (Å²) >= 11 is 6.20. The summed E-state index contributed by atoms with van der Waals surface area (Å²) in [5.41, 5.74) is 3.16. The summed E-state index contributed by atoms with van der Waals surface area (Å²) in [7, 11) is 2.14. The van der Waals surface area contributed by atoms with Crippen LogP contribution in [0.15, 0.2) is 83.3 Å².